The number of Topliss-reactive ketones (excluding diaryl/α,β-unsaturated/α-hetero) is 1. The molecule has 0 unspecified atom stereocenters. The number of rotatable bonds is 3. The van der Waals surface area contributed by atoms with Crippen molar-refractivity contribution in [1.82, 2.24) is 9.88 Å². The van der Waals surface area contributed by atoms with Crippen LogP contribution in [0.3, 0.4) is 0 Å². The molecule has 1 aromatic heterocycles. The van der Waals surface area contributed by atoms with Crippen molar-refractivity contribution in [2.45, 2.75) is 19.3 Å². The van der Waals surface area contributed by atoms with E-state index in [0.29, 0.717) is 0 Å². The highest BCUT2D eigenvalue weighted by Crippen LogP contribution is 2.31. The zero-order valence-corrected chi connectivity index (χ0v) is 17.1. The summed E-state index contributed by atoms with van der Waals surface area (Å²) in [6.07, 6.45) is 10.5. The zero-order chi connectivity index (χ0) is 21.4. The van der Waals surface area contributed by atoms with Crippen molar-refractivity contribution in [2.75, 3.05) is 0 Å². The molecule has 150 valence electrons. The number of carbonyl (C=O) groups is 2. The van der Waals surface area contributed by atoms with Crippen molar-refractivity contribution < 1.29 is 9.59 Å². The van der Waals surface area contributed by atoms with Gasteiger partial charge < -0.3 is 0 Å². The lowest BCUT2D eigenvalue weighted by Gasteiger charge is -2.29. The van der Waals surface area contributed by atoms with E-state index in [9.17, 15) is 9.59 Å². The molecule has 0 spiro atoms. The van der Waals surface area contributed by atoms with E-state index >= 15 is 0 Å². The first-order valence-electron chi connectivity index (χ1n) is 9.72. The minimum absolute atomic E-state index is 0.0319. The first-order valence-corrected chi connectivity index (χ1v) is 9.72. The Morgan fingerprint density at radius 3 is 1.73 bits per heavy atom. The highest BCUT2D eigenvalue weighted by Gasteiger charge is 2.34. The van der Waals surface area contributed by atoms with Crippen molar-refractivity contribution in [3.63, 3.8) is 0 Å². The van der Waals surface area contributed by atoms with E-state index in [1.54, 1.807) is 31.5 Å². The number of nitrogens with zero attached hydrogens (tertiary/aromatic N) is 2. The summed E-state index contributed by atoms with van der Waals surface area (Å²) < 4.78 is 0. The summed E-state index contributed by atoms with van der Waals surface area (Å²) in [5.74, 6) is -0.0443. The van der Waals surface area contributed by atoms with Gasteiger partial charge in [0.15, 0.2) is 0 Å². The lowest BCUT2D eigenvalue weighted by Crippen LogP contribution is -2.34. The second-order valence-electron chi connectivity index (χ2n) is 6.95. The fraction of sp³-hybridized carbons (Fsp3) is 0.115. The van der Waals surface area contributed by atoms with E-state index in [1.807, 2.05) is 73.1 Å². The van der Waals surface area contributed by atoms with E-state index in [0.717, 1.165) is 5.56 Å². The smallest absolute Gasteiger partial charge is 0.227 e. The molecule has 2 aromatic carbocycles. The Bertz CT molecular complexity index is 991. The molecular formula is C26H24N2O2. The van der Waals surface area contributed by atoms with Gasteiger partial charge in [-0.2, -0.15) is 0 Å². The van der Waals surface area contributed by atoms with Gasteiger partial charge in [0, 0.05) is 31.7 Å². The van der Waals surface area contributed by atoms with Crippen LogP contribution in [-0.4, -0.2) is 21.6 Å². The molecule has 2 heterocycles. The van der Waals surface area contributed by atoms with Gasteiger partial charge in [0.25, 0.3) is 0 Å². The molecule has 0 saturated carbocycles. The molecule has 0 bridgehead atoms. The molecule has 0 N–H and O–H groups in total. The molecule has 0 atom stereocenters. The van der Waals surface area contributed by atoms with Crippen LogP contribution < -0.4 is 0 Å². The van der Waals surface area contributed by atoms with E-state index in [-0.39, 0.29) is 11.7 Å². The number of allylic oxidation sites excluding steroid dienone is 2. The summed E-state index contributed by atoms with van der Waals surface area (Å²) in [7, 11) is 0. The molecule has 3 aromatic rings. The molecule has 1 aliphatic heterocycles. The molecule has 0 radical (unpaired) electrons. The van der Waals surface area contributed by atoms with Gasteiger partial charge in [-0.15, -0.1) is 0 Å². The van der Waals surface area contributed by atoms with E-state index in [2.05, 4.69) is 17.1 Å². The highest BCUT2D eigenvalue weighted by molar-refractivity contribution is 5.93. The molecule has 4 nitrogen and oxygen atoms in total. The second kappa shape index (κ2) is 9.61. The van der Waals surface area contributed by atoms with Gasteiger partial charge in [-0.1, -0.05) is 60.7 Å². The van der Waals surface area contributed by atoms with Crippen LogP contribution in [0.4, 0.5) is 0 Å². The summed E-state index contributed by atoms with van der Waals surface area (Å²) in [6.45, 7) is 3.04. The van der Waals surface area contributed by atoms with Crippen molar-refractivity contribution in [1.29, 1.82) is 0 Å². The molecule has 4 rings (SSSR count). The summed E-state index contributed by atoms with van der Waals surface area (Å²) >= 11 is 0. The molecule has 4 heteroatoms. The molecule has 0 aliphatic carbocycles. The summed E-state index contributed by atoms with van der Waals surface area (Å²) in [5, 5.41) is 0. The average molecular weight is 396 g/mol. The second-order valence-corrected chi connectivity index (χ2v) is 6.95. The van der Waals surface area contributed by atoms with E-state index in [4.69, 9.17) is 0 Å². The maximum absolute atomic E-state index is 12.0. The number of pyridine rings is 1. The highest BCUT2D eigenvalue weighted by atomic mass is 16.2. The quantitative estimate of drug-likeness (QED) is 0.615. The predicted molar refractivity (Wildman–Crippen MR) is 119 cm³/mol. The Balaban J connectivity index is 0.000000184. The third kappa shape index (κ3) is 4.78. The fourth-order valence-corrected chi connectivity index (χ4v) is 3.23. The molecule has 1 aliphatic rings. The first kappa shape index (κ1) is 20.9. The third-order valence-electron chi connectivity index (χ3n) is 4.98. The van der Waals surface area contributed by atoms with Gasteiger partial charge in [-0.3, -0.25) is 19.5 Å². The molecule has 30 heavy (non-hydrogen) atoms. The Morgan fingerprint density at radius 1 is 0.733 bits per heavy atom. The first-order chi connectivity index (χ1) is 14.5. The predicted octanol–water partition coefficient (Wildman–Crippen LogP) is 5.15. The van der Waals surface area contributed by atoms with Crippen LogP contribution in [0.5, 0.6) is 0 Å². The third-order valence-corrected chi connectivity index (χ3v) is 4.98. The van der Waals surface area contributed by atoms with E-state index in [1.165, 1.54) is 23.0 Å². The number of hydrogen-bond acceptors (Lipinski definition) is 3. The van der Waals surface area contributed by atoms with Crippen molar-refractivity contribution in [3.05, 3.63) is 115 Å². The van der Waals surface area contributed by atoms with Crippen LogP contribution in [-0.2, 0) is 15.0 Å². The van der Waals surface area contributed by atoms with Gasteiger partial charge >= 0.3 is 0 Å². The van der Waals surface area contributed by atoms with Crippen molar-refractivity contribution in [2.24, 2.45) is 0 Å². The number of hydrogen-bond donors (Lipinski definition) is 0. The Hall–Kier alpha value is -3.79. The van der Waals surface area contributed by atoms with Gasteiger partial charge in [0.05, 0.1) is 5.41 Å². The summed E-state index contributed by atoms with van der Waals surface area (Å²) in [4.78, 5) is 28.7. The lowest BCUT2D eigenvalue weighted by atomic mass is 9.76. The number of ketones is 1. The van der Waals surface area contributed by atoms with Crippen molar-refractivity contribution in [3.8, 4) is 11.1 Å². The maximum atomic E-state index is 12.0. The van der Waals surface area contributed by atoms with Crippen molar-refractivity contribution >= 4 is 11.7 Å². The van der Waals surface area contributed by atoms with Crippen LogP contribution in [0.1, 0.15) is 19.4 Å². The van der Waals surface area contributed by atoms with Gasteiger partial charge in [-0.25, -0.2) is 0 Å². The average Bonchev–Trinajstić information content (AvgIpc) is 2.81. The SMILES string of the molecule is CC(=O)N1C=CC(C(C)=O)(c2ccccc2)C=C1.c1ccc(-c2ccncc2)cc1. The monoisotopic (exact) mass is 396 g/mol. The van der Waals surface area contributed by atoms with Gasteiger partial charge in [0.2, 0.25) is 5.91 Å². The van der Waals surface area contributed by atoms with Gasteiger partial charge in [-0.05, 0) is 47.9 Å². The Labute approximate surface area is 177 Å². The maximum Gasteiger partial charge on any atom is 0.227 e. The molecule has 1 amide bonds. The number of carbonyl (C=O) groups excluding carboxylic acids is 2. The molecule has 0 saturated heterocycles. The number of benzene rings is 2. The molecular weight excluding hydrogens is 372 g/mol. The van der Waals surface area contributed by atoms with Crippen LogP contribution in [0, 0.1) is 0 Å². The topological polar surface area (TPSA) is 50.3 Å². The number of aromatic nitrogens is 1. The fourth-order valence-electron chi connectivity index (χ4n) is 3.23. The van der Waals surface area contributed by atoms with E-state index < -0.39 is 5.41 Å². The number of amides is 1. The van der Waals surface area contributed by atoms with Crippen LogP contribution in [0.2, 0.25) is 0 Å². The standard InChI is InChI=1S/C15H15NO2.C11H9N/c1-12(17)15(14-6-4-3-5-7-14)8-10-16(11-9-15)13(2)18;1-2-4-10(5-3-1)11-6-8-12-9-7-11/h3-11H,1-2H3;1-9H. The van der Waals surface area contributed by atoms with Crippen LogP contribution in [0.15, 0.2) is 110 Å². The normalized spacial score (nSPS) is 13.9. The van der Waals surface area contributed by atoms with Crippen LogP contribution >= 0.6 is 0 Å². The minimum atomic E-state index is -0.757. The summed E-state index contributed by atoms with van der Waals surface area (Å²) in [5.41, 5.74) is 2.60. The lowest BCUT2D eigenvalue weighted by molar-refractivity contribution is -0.125. The summed E-state index contributed by atoms with van der Waals surface area (Å²) in [6, 6.07) is 23.8. The minimum Gasteiger partial charge on any atom is -0.298 e. The Kier molecular flexibility index (Phi) is 6.71. The molecule has 0 fully saturated rings. The van der Waals surface area contributed by atoms with Crippen LogP contribution in [0.25, 0.3) is 11.1 Å². The Morgan fingerprint density at radius 2 is 1.23 bits per heavy atom. The van der Waals surface area contributed by atoms with Gasteiger partial charge in [0.1, 0.15) is 5.78 Å². The largest absolute Gasteiger partial charge is 0.298 e. The zero-order valence-electron chi connectivity index (χ0n) is 17.1.